The number of hydrogen-bond donors (Lipinski definition) is 0. The molecule has 0 radical (unpaired) electrons. The van der Waals surface area contributed by atoms with Crippen LogP contribution in [0, 0.1) is 0 Å². The summed E-state index contributed by atoms with van der Waals surface area (Å²) in [4.78, 5) is 2.43. The summed E-state index contributed by atoms with van der Waals surface area (Å²) >= 11 is 1.88. The van der Waals surface area contributed by atoms with E-state index in [0.29, 0.717) is 0 Å². The van der Waals surface area contributed by atoms with Crippen molar-refractivity contribution in [1.29, 1.82) is 0 Å². The molecular weight excluding hydrogens is 735 g/mol. The first kappa shape index (κ1) is 33.7. The van der Waals surface area contributed by atoms with Crippen LogP contribution in [0.5, 0.6) is 0 Å². The van der Waals surface area contributed by atoms with Crippen LogP contribution in [0.2, 0.25) is 0 Å². The third-order valence-corrected chi connectivity index (χ3v) is 13.1. The maximum absolute atomic E-state index is 6.79. The van der Waals surface area contributed by atoms with E-state index < -0.39 is 0 Å². The molecule has 10 aromatic carbocycles. The average molecular weight is 770 g/mol. The van der Waals surface area contributed by atoms with Crippen LogP contribution in [-0.2, 0) is 0 Å². The molecule has 0 saturated carbocycles. The summed E-state index contributed by atoms with van der Waals surface area (Å²) < 4.78 is 9.41. The second-order valence-electron chi connectivity index (χ2n) is 15.2. The van der Waals surface area contributed by atoms with Gasteiger partial charge in [0.1, 0.15) is 11.2 Å². The Hall–Kier alpha value is -7.46. The van der Waals surface area contributed by atoms with Gasteiger partial charge in [0, 0.05) is 42.2 Å². The van der Waals surface area contributed by atoms with Crippen molar-refractivity contribution in [3.8, 4) is 33.4 Å². The van der Waals surface area contributed by atoms with Crippen LogP contribution in [-0.4, -0.2) is 0 Å². The molecule has 12 aromatic rings. The molecule has 3 heteroatoms. The number of rotatable bonds is 6. The van der Waals surface area contributed by atoms with E-state index in [1.54, 1.807) is 0 Å². The molecule has 0 bridgehead atoms. The van der Waals surface area contributed by atoms with Crippen LogP contribution in [0.3, 0.4) is 0 Å². The summed E-state index contributed by atoms with van der Waals surface area (Å²) in [6, 6.07) is 76.8. The van der Waals surface area contributed by atoms with E-state index >= 15 is 0 Å². The van der Waals surface area contributed by atoms with Crippen molar-refractivity contribution >= 4 is 92.1 Å². The summed E-state index contributed by atoms with van der Waals surface area (Å²) in [5.74, 6) is 0. The van der Waals surface area contributed by atoms with E-state index in [1.807, 2.05) is 11.3 Å². The first-order chi connectivity index (χ1) is 29.3. The first-order valence-electron chi connectivity index (χ1n) is 20.1. The molecule has 0 aliphatic carbocycles. The Labute approximate surface area is 345 Å². The Kier molecular flexibility index (Phi) is 7.75. The monoisotopic (exact) mass is 769 g/mol. The molecular formula is C56H35NOS. The molecule has 0 fully saturated rings. The van der Waals surface area contributed by atoms with Gasteiger partial charge in [0.2, 0.25) is 0 Å². The van der Waals surface area contributed by atoms with Crippen molar-refractivity contribution in [2.75, 3.05) is 4.90 Å². The molecule has 0 saturated heterocycles. The highest BCUT2D eigenvalue weighted by Gasteiger charge is 2.24. The van der Waals surface area contributed by atoms with Gasteiger partial charge < -0.3 is 9.32 Å². The van der Waals surface area contributed by atoms with Crippen LogP contribution < -0.4 is 4.90 Å². The zero-order valence-electron chi connectivity index (χ0n) is 32.0. The quantitative estimate of drug-likeness (QED) is 0.157. The molecule has 0 amide bonds. The number of anilines is 3. The Morgan fingerprint density at radius 3 is 1.86 bits per heavy atom. The number of nitrogens with zero attached hydrogens (tertiary/aromatic N) is 1. The summed E-state index contributed by atoms with van der Waals surface area (Å²) in [6.45, 7) is 0. The molecule has 0 aliphatic heterocycles. The largest absolute Gasteiger partial charge is 0.455 e. The molecule has 0 unspecified atom stereocenters. The highest BCUT2D eigenvalue weighted by atomic mass is 32.1. The second kappa shape index (κ2) is 13.6. The SMILES string of the molecule is c1ccc(-c2ccc(N(c3ccc(-c4ccc5c(c4)sc4c(-c6ccccc6)cccc45)cc3)c3cccc4c3ccc3ccccc34)c3c2oc2ccccc23)cc1. The van der Waals surface area contributed by atoms with Crippen molar-refractivity contribution in [3.05, 3.63) is 212 Å². The lowest BCUT2D eigenvalue weighted by atomic mass is 9.97. The standard InChI is InChI=1S/C56H35NOS/c1-3-13-37(14-4-1)43-33-34-51(54-49-19-9-10-24-52(49)58-55(43)54)57(50-23-12-21-45-42-18-8-7-17-39(42)27-31-46(45)50)41-29-25-36(26-30-41)40-28-32-47-48-22-11-20-44(38-15-5-2-6-16-38)56(48)59-53(47)35-40/h1-35H. The number of benzene rings is 10. The highest BCUT2D eigenvalue weighted by Crippen LogP contribution is 2.48. The van der Waals surface area contributed by atoms with Crippen LogP contribution in [0.25, 0.3) is 97.0 Å². The van der Waals surface area contributed by atoms with Gasteiger partial charge in [0.25, 0.3) is 0 Å². The summed E-state index contributed by atoms with van der Waals surface area (Å²) in [6.07, 6.45) is 0. The maximum Gasteiger partial charge on any atom is 0.145 e. The number of para-hydroxylation sites is 1. The molecule has 2 heterocycles. The van der Waals surface area contributed by atoms with E-state index in [4.69, 9.17) is 4.42 Å². The van der Waals surface area contributed by atoms with Gasteiger partial charge >= 0.3 is 0 Å². The summed E-state index contributed by atoms with van der Waals surface area (Å²) in [5.41, 5.74) is 12.1. The third kappa shape index (κ3) is 5.47. The van der Waals surface area contributed by atoms with E-state index in [2.05, 4.69) is 217 Å². The Balaban J connectivity index is 1.05. The lowest BCUT2D eigenvalue weighted by Crippen LogP contribution is -2.11. The first-order valence-corrected chi connectivity index (χ1v) is 20.9. The van der Waals surface area contributed by atoms with Crippen LogP contribution in [0.1, 0.15) is 0 Å². The number of hydrogen-bond acceptors (Lipinski definition) is 3. The molecule has 2 aromatic heterocycles. The van der Waals surface area contributed by atoms with Crippen molar-refractivity contribution in [2.45, 2.75) is 0 Å². The van der Waals surface area contributed by atoms with Crippen molar-refractivity contribution in [1.82, 2.24) is 0 Å². The van der Waals surface area contributed by atoms with Gasteiger partial charge in [-0.2, -0.15) is 0 Å². The fourth-order valence-electron chi connectivity index (χ4n) is 9.09. The Morgan fingerprint density at radius 2 is 1.03 bits per heavy atom. The van der Waals surface area contributed by atoms with Gasteiger partial charge in [0.15, 0.2) is 0 Å². The van der Waals surface area contributed by atoms with E-state index in [9.17, 15) is 0 Å². The summed E-state index contributed by atoms with van der Waals surface area (Å²) in [5, 5.41) is 9.68. The molecule has 59 heavy (non-hydrogen) atoms. The number of fused-ring (bicyclic) bond motifs is 9. The van der Waals surface area contributed by atoms with E-state index in [1.165, 1.54) is 64.0 Å². The Morgan fingerprint density at radius 1 is 0.373 bits per heavy atom. The molecule has 0 N–H and O–H groups in total. The average Bonchev–Trinajstić information content (AvgIpc) is 3.89. The van der Waals surface area contributed by atoms with E-state index in [0.717, 1.165) is 50.1 Å². The lowest BCUT2D eigenvalue weighted by Gasteiger charge is -2.28. The smallest absolute Gasteiger partial charge is 0.145 e. The van der Waals surface area contributed by atoms with Crippen LogP contribution >= 0.6 is 11.3 Å². The highest BCUT2D eigenvalue weighted by molar-refractivity contribution is 7.26. The van der Waals surface area contributed by atoms with Gasteiger partial charge in [-0.15, -0.1) is 11.3 Å². The predicted octanol–water partition coefficient (Wildman–Crippen LogP) is 16.7. The van der Waals surface area contributed by atoms with Gasteiger partial charge in [-0.25, -0.2) is 0 Å². The van der Waals surface area contributed by atoms with Crippen molar-refractivity contribution < 1.29 is 4.42 Å². The van der Waals surface area contributed by atoms with Crippen molar-refractivity contribution in [3.63, 3.8) is 0 Å². The molecule has 0 atom stereocenters. The van der Waals surface area contributed by atoms with Crippen molar-refractivity contribution in [2.24, 2.45) is 0 Å². The minimum atomic E-state index is 0.874. The minimum absolute atomic E-state index is 0.874. The zero-order valence-corrected chi connectivity index (χ0v) is 32.8. The lowest BCUT2D eigenvalue weighted by molar-refractivity contribution is 0.670. The van der Waals surface area contributed by atoms with Gasteiger partial charge in [-0.1, -0.05) is 170 Å². The molecule has 2 nitrogen and oxygen atoms in total. The second-order valence-corrected chi connectivity index (χ2v) is 16.3. The number of thiophene rings is 1. The third-order valence-electron chi connectivity index (χ3n) is 11.9. The topological polar surface area (TPSA) is 16.4 Å². The van der Waals surface area contributed by atoms with Crippen LogP contribution in [0.15, 0.2) is 217 Å². The summed E-state index contributed by atoms with van der Waals surface area (Å²) in [7, 11) is 0. The van der Waals surface area contributed by atoms with Gasteiger partial charge in [-0.05, 0) is 86.4 Å². The molecule has 0 spiro atoms. The normalized spacial score (nSPS) is 11.7. The Bertz CT molecular complexity index is 3550. The molecule has 276 valence electrons. The zero-order chi connectivity index (χ0) is 38.9. The van der Waals surface area contributed by atoms with Crippen LogP contribution in [0.4, 0.5) is 17.1 Å². The minimum Gasteiger partial charge on any atom is -0.455 e. The predicted molar refractivity (Wildman–Crippen MR) is 253 cm³/mol. The van der Waals surface area contributed by atoms with E-state index in [-0.39, 0.29) is 0 Å². The molecule has 12 rings (SSSR count). The maximum atomic E-state index is 6.79. The number of furan rings is 1. The fraction of sp³-hybridized carbons (Fsp3) is 0. The molecule has 0 aliphatic rings. The fourth-order valence-corrected chi connectivity index (χ4v) is 10.4. The van der Waals surface area contributed by atoms with Gasteiger partial charge in [0.05, 0.1) is 16.8 Å². The van der Waals surface area contributed by atoms with Gasteiger partial charge in [-0.3, -0.25) is 0 Å².